The van der Waals surface area contributed by atoms with Gasteiger partial charge in [-0.1, -0.05) is 103 Å². The van der Waals surface area contributed by atoms with Crippen LogP contribution in [0.15, 0.2) is 120 Å². The lowest BCUT2D eigenvalue weighted by Gasteiger charge is -2.53. The third kappa shape index (κ3) is 9.12. The highest BCUT2D eigenvalue weighted by Gasteiger charge is 2.48. The second-order valence-electron chi connectivity index (χ2n) is 24.1. The largest absolute Gasteiger partial charge is 0.457 e. The smallest absolute Gasteiger partial charge is 0.145 e. The van der Waals surface area contributed by atoms with Crippen LogP contribution >= 0.6 is 0 Å². The highest BCUT2D eigenvalue weighted by atomic mass is 16.5. The number of rotatable bonds is 8. The van der Waals surface area contributed by atoms with Gasteiger partial charge < -0.3 is 9.15 Å². The second-order valence-corrected chi connectivity index (χ2v) is 24.1. The number of benzene rings is 5. The molecule has 3 aliphatic carbocycles. The van der Waals surface area contributed by atoms with Crippen molar-refractivity contribution in [3.05, 3.63) is 143 Å². The van der Waals surface area contributed by atoms with E-state index in [2.05, 4.69) is 84.6 Å². The molecule has 0 saturated heterocycles. The molecule has 0 N–H and O–H groups in total. The number of hydrogen-bond donors (Lipinski definition) is 0. The third-order valence-electron chi connectivity index (χ3n) is 17.4. The van der Waals surface area contributed by atoms with Crippen LogP contribution in [0.25, 0.3) is 66.4 Å². The highest BCUT2D eigenvalue weighted by Crippen LogP contribution is 2.59. The van der Waals surface area contributed by atoms with Gasteiger partial charge in [-0.25, -0.2) is 0 Å². The molecule has 0 bridgehead atoms. The fourth-order valence-corrected chi connectivity index (χ4v) is 14.7. The van der Waals surface area contributed by atoms with Gasteiger partial charge in [0.05, 0.1) is 11.4 Å². The number of hydrogen-bond acceptors (Lipinski definition) is 4. The maximum absolute atomic E-state index is 9.97. The van der Waals surface area contributed by atoms with Gasteiger partial charge >= 0.3 is 0 Å². The zero-order valence-corrected chi connectivity index (χ0v) is 42.9. The molecule has 3 aromatic heterocycles. The predicted octanol–water partition coefficient (Wildman–Crippen LogP) is 19.4. The number of pyridine rings is 2. The summed E-state index contributed by atoms with van der Waals surface area (Å²) in [4.78, 5) is 9.64. The highest BCUT2D eigenvalue weighted by molar-refractivity contribution is 6.13. The molecule has 0 aliphatic heterocycles. The van der Waals surface area contributed by atoms with E-state index in [1.807, 2.05) is 54.7 Å². The molecular weight excluding hydrogens is 865 g/mol. The van der Waals surface area contributed by atoms with Crippen molar-refractivity contribution >= 4 is 32.7 Å². The Morgan fingerprint density at radius 3 is 2.13 bits per heavy atom. The third-order valence-corrected chi connectivity index (χ3v) is 17.4. The Balaban J connectivity index is 0.987. The molecule has 8 aromatic rings. The number of aryl methyl sites for hydroxylation is 3. The molecule has 0 radical (unpaired) electrons. The van der Waals surface area contributed by atoms with Gasteiger partial charge in [0, 0.05) is 48.0 Å². The average Bonchev–Trinajstić information content (AvgIpc) is 3.93. The summed E-state index contributed by atoms with van der Waals surface area (Å²) in [7, 11) is 0. The summed E-state index contributed by atoms with van der Waals surface area (Å²) in [5.41, 5.74) is 6.16. The van der Waals surface area contributed by atoms with Crippen LogP contribution in [0.3, 0.4) is 0 Å². The van der Waals surface area contributed by atoms with E-state index in [9.17, 15) is 1.37 Å². The van der Waals surface area contributed by atoms with Crippen molar-refractivity contribution in [1.82, 2.24) is 9.97 Å². The van der Waals surface area contributed by atoms with Crippen LogP contribution in [0.4, 0.5) is 0 Å². The fraction of sp³-hybridized carbons (Fsp3) is 0.433. The molecule has 6 atom stereocenters. The van der Waals surface area contributed by atoms with Crippen LogP contribution < -0.4 is 4.74 Å². The zero-order chi connectivity index (χ0) is 58.0. The van der Waals surface area contributed by atoms with E-state index >= 15 is 0 Å². The molecule has 5 aromatic carbocycles. The molecule has 3 saturated carbocycles. The lowest BCUT2D eigenvalue weighted by Crippen LogP contribution is -2.43. The quantitative estimate of drug-likeness (QED) is 0.152. The van der Waals surface area contributed by atoms with Crippen molar-refractivity contribution in [1.29, 1.82) is 0 Å². The van der Waals surface area contributed by atoms with E-state index in [4.69, 9.17) is 26.5 Å². The number of nitrogens with zero attached hydrogens (tertiary/aromatic N) is 2. The molecule has 3 heterocycles. The first-order valence-electron chi connectivity index (χ1n) is 31.2. The van der Waals surface area contributed by atoms with E-state index in [1.165, 1.54) is 24.5 Å². The second kappa shape index (κ2) is 18.1. The van der Waals surface area contributed by atoms with Gasteiger partial charge in [-0.05, 0) is 235 Å². The van der Waals surface area contributed by atoms with Crippen molar-refractivity contribution in [3.63, 3.8) is 0 Å². The lowest BCUT2D eigenvalue weighted by atomic mass is 9.52. The van der Waals surface area contributed by atoms with Gasteiger partial charge in [-0.2, -0.15) is 0 Å². The summed E-state index contributed by atoms with van der Waals surface area (Å²) in [5.74, 6) is 2.25. The Hall–Kier alpha value is -5.74. The SMILES string of the molecule is [2H]C([2H])([2H])c1cnc(-c2cc(Oc3cc(-c4cc(C5CCC(C)(C6CCC(C7([2H])CC(C)(C)CC(C)(C)C7)CC6C)CC5C)c(C)cn4)c4oc5cc6ccccc6cc5c4c3)c(C([2H])([2H])[2H])c(-c3ccccc3)c2)cc1C([2H])([2H])[2H]. The summed E-state index contributed by atoms with van der Waals surface area (Å²) >= 11 is 0. The summed E-state index contributed by atoms with van der Waals surface area (Å²) in [5, 5.41) is 3.64. The van der Waals surface area contributed by atoms with Gasteiger partial charge in [-0.15, -0.1) is 0 Å². The van der Waals surface area contributed by atoms with Crippen molar-refractivity contribution in [2.75, 3.05) is 0 Å². The van der Waals surface area contributed by atoms with E-state index in [0.29, 0.717) is 74.5 Å². The van der Waals surface area contributed by atoms with Gasteiger partial charge in [0.2, 0.25) is 0 Å². The monoisotopic (exact) mass is 951 g/mol. The minimum atomic E-state index is -2.79. The molecule has 3 fully saturated rings. The van der Waals surface area contributed by atoms with Crippen LogP contribution in [0.1, 0.15) is 154 Å². The Morgan fingerprint density at radius 1 is 0.662 bits per heavy atom. The first-order chi connectivity index (χ1) is 37.9. The first-order valence-corrected chi connectivity index (χ1v) is 26.2. The van der Waals surface area contributed by atoms with Crippen LogP contribution in [-0.4, -0.2) is 9.97 Å². The lowest BCUT2D eigenvalue weighted by molar-refractivity contribution is -0.0239. The maximum atomic E-state index is 9.97. The molecule has 71 heavy (non-hydrogen) atoms. The summed E-state index contributed by atoms with van der Waals surface area (Å²) in [6, 6.07) is 31.8. The standard InChI is InChI=1S/C67H76N2O2/c1-40-26-60(68-37-43(40)4)50-28-55(46-17-13-12-14-18-46)45(6)62(30-50)70-52-31-57-56-27-47-19-15-16-20-48(47)29-63(56)71-64(57)58(32-52)61-33-54(44(5)38-69-61)53-23-24-67(11,34-42(53)3)59-22-21-49(25-41(59)2)51-35-65(7,8)39-66(9,10)36-51/h12-20,26-33,37-38,41-42,49,51,53,59H,21-25,34-36,39H2,1-11H3/i1D3,4D3,6D3,51D. The van der Waals surface area contributed by atoms with Crippen molar-refractivity contribution < 1.29 is 22.9 Å². The summed E-state index contributed by atoms with van der Waals surface area (Å²) in [6.07, 6.45) is 13.0. The molecule has 4 nitrogen and oxygen atoms in total. The predicted molar refractivity (Wildman–Crippen MR) is 297 cm³/mol. The Labute approximate surface area is 438 Å². The van der Waals surface area contributed by atoms with Crippen LogP contribution in [-0.2, 0) is 0 Å². The molecule has 0 spiro atoms. The van der Waals surface area contributed by atoms with Gasteiger partial charge in [0.25, 0.3) is 0 Å². The summed E-state index contributed by atoms with van der Waals surface area (Å²) in [6.45, 7) is 10.9. The number of furan rings is 1. The van der Waals surface area contributed by atoms with Gasteiger partial charge in [0.1, 0.15) is 22.7 Å². The number of fused-ring (bicyclic) bond motifs is 4. The van der Waals surface area contributed by atoms with E-state index in [-0.39, 0.29) is 50.3 Å². The van der Waals surface area contributed by atoms with Crippen molar-refractivity contribution in [2.24, 2.45) is 45.8 Å². The molecule has 3 aliphatic rings. The van der Waals surface area contributed by atoms with Crippen LogP contribution in [0.5, 0.6) is 11.5 Å². The zero-order valence-electron chi connectivity index (χ0n) is 52.9. The number of ether oxygens (including phenoxy) is 1. The van der Waals surface area contributed by atoms with Crippen molar-refractivity contribution in [2.45, 2.75) is 140 Å². The van der Waals surface area contributed by atoms with Crippen LogP contribution in [0, 0.1) is 73.3 Å². The van der Waals surface area contributed by atoms with Crippen molar-refractivity contribution in [3.8, 4) is 45.1 Å². The molecular formula is C67H76N2O2. The minimum Gasteiger partial charge on any atom is -0.457 e. The van der Waals surface area contributed by atoms with E-state index in [1.54, 1.807) is 24.3 Å². The van der Waals surface area contributed by atoms with E-state index < -0.39 is 20.6 Å². The molecule has 6 unspecified atom stereocenters. The topological polar surface area (TPSA) is 48.2 Å². The Morgan fingerprint density at radius 2 is 1.39 bits per heavy atom. The fourth-order valence-electron chi connectivity index (χ4n) is 14.7. The Kier molecular flexibility index (Phi) is 9.44. The first kappa shape index (κ1) is 37.1. The average molecular weight is 951 g/mol. The van der Waals surface area contributed by atoms with Gasteiger partial charge in [-0.3, -0.25) is 9.97 Å². The summed E-state index contributed by atoms with van der Waals surface area (Å²) < 4.78 is 100. The van der Waals surface area contributed by atoms with Gasteiger partial charge in [0.15, 0.2) is 0 Å². The Bertz CT molecular complexity index is 3690. The molecule has 11 rings (SSSR count). The normalized spacial score (nSPS) is 27.7. The minimum absolute atomic E-state index is 0.00689. The van der Waals surface area contributed by atoms with Crippen LogP contribution in [0.2, 0.25) is 0 Å². The number of aromatic nitrogens is 2. The maximum Gasteiger partial charge on any atom is 0.145 e. The molecule has 0 amide bonds. The van der Waals surface area contributed by atoms with E-state index in [0.717, 1.165) is 78.3 Å². The molecule has 366 valence electrons. The molecule has 4 heteroatoms.